The van der Waals surface area contributed by atoms with Crippen molar-refractivity contribution in [2.45, 2.75) is 52.3 Å². The van der Waals surface area contributed by atoms with Crippen LogP contribution in [0.5, 0.6) is 5.75 Å². The second kappa shape index (κ2) is 11.2. The van der Waals surface area contributed by atoms with Gasteiger partial charge in [-0.2, -0.15) is 0 Å². The lowest BCUT2D eigenvalue weighted by molar-refractivity contribution is -0.141. The molecule has 2 N–H and O–H groups in total. The third-order valence-corrected chi connectivity index (χ3v) is 4.00. The first-order valence-electron chi connectivity index (χ1n) is 9.16. The molecule has 8 heteroatoms. The summed E-state index contributed by atoms with van der Waals surface area (Å²) in [6.45, 7) is 7.06. The second-order valence-corrected chi connectivity index (χ2v) is 6.93. The van der Waals surface area contributed by atoms with E-state index in [0.29, 0.717) is 11.3 Å². The lowest BCUT2D eigenvalue weighted by atomic mass is 10.00. The van der Waals surface area contributed by atoms with E-state index >= 15 is 0 Å². The van der Waals surface area contributed by atoms with E-state index in [1.54, 1.807) is 45.2 Å². The maximum atomic E-state index is 12.8. The van der Waals surface area contributed by atoms with E-state index < -0.39 is 30.1 Å². The van der Waals surface area contributed by atoms with Crippen molar-refractivity contribution in [1.82, 2.24) is 10.6 Å². The predicted octanol–water partition coefficient (Wildman–Crippen LogP) is 2.57. The van der Waals surface area contributed by atoms with E-state index in [-0.39, 0.29) is 18.4 Å². The Bertz CT molecular complexity index is 657. The smallest absolute Gasteiger partial charge is 0.408 e. The van der Waals surface area contributed by atoms with Crippen molar-refractivity contribution < 1.29 is 28.6 Å². The number of ether oxygens (including phenoxy) is 3. The van der Waals surface area contributed by atoms with Crippen molar-refractivity contribution >= 4 is 18.0 Å². The van der Waals surface area contributed by atoms with Gasteiger partial charge in [0, 0.05) is 0 Å². The number of benzene rings is 1. The molecule has 0 aromatic heterocycles. The third kappa shape index (κ3) is 7.46. The molecule has 0 saturated carbocycles. The van der Waals surface area contributed by atoms with Crippen LogP contribution in [0.1, 0.15) is 45.7 Å². The second-order valence-electron chi connectivity index (χ2n) is 6.93. The highest BCUT2D eigenvalue weighted by Crippen LogP contribution is 2.21. The van der Waals surface area contributed by atoms with Crippen LogP contribution >= 0.6 is 0 Å². The summed E-state index contributed by atoms with van der Waals surface area (Å²) in [5, 5.41) is 5.41. The molecule has 8 nitrogen and oxygen atoms in total. The van der Waals surface area contributed by atoms with E-state index in [2.05, 4.69) is 10.6 Å². The highest BCUT2D eigenvalue weighted by molar-refractivity contribution is 5.86. The minimum Gasteiger partial charge on any atom is -0.497 e. The van der Waals surface area contributed by atoms with Gasteiger partial charge in [-0.05, 0) is 37.5 Å². The van der Waals surface area contributed by atoms with Crippen molar-refractivity contribution in [3.05, 3.63) is 29.8 Å². The van der Waals surface area contributed by atoms with Gasteiger partial charge in [0.25, 0.3) is 0 Å². The summed E-state index contributed by atoms with van der Waals surface area (Å²) >= 11 is 0. The number of carbonyl (C=O) groups excluding carboxylic acids is 3. The number of hydrogen-bond donors (Lipinski definition) is 2. The molecule has 2 amide bonds. The highest BCUT2D eigenvalue weighted by Gasteiger charge is 2.28. The number of nitrogens with one attached hydrogen (secondary N) is 2. The largest absolute Gasteiger partial charge is 0.497 e. The van der Waals surface area contributed by atoms with Crippen molar-refractivity contribution in [3.8, 4) is 5.75 Å². The van der Waals surface area contributed by atoms with Crippen LogP contribution in [-0.2, 0) is 19.1 Å². The Morgan fingerprint density at radius 2 is 1.57 bits per heavy atom. The molecule has 0 aliphatic heterocycles. The maximum absolute atomic E-state index is 12.8. The van der Waals surface area contributed by atoms with Gasteiger partial charge in [-0.3, -0.25) is 9.59 Å². The molecule has 2 atom stereocenters. The zero-order chi connectivity index (χ0) is 21.3. The Morgan fingerprint density at radius 3 is 2.04 bits per heavy atom. The van der Waals surface area contributed by atoms with E-state index in [1.807, 2.05) is 13.8 Å². The lowest BCUT2D eigenvalue weighted by Gasteiger charge is -2.25. The summed E-state index contributed by atoms with van der Waals surface area (Å²) in [5.74, 6) is -0.408. The van der Waals surface area contributed by atoms with Crippen molar-refractivity contribution in [2.24, 2.45) is 5.92 Å². The van der Waals surface area contributed by atoms with Gasteiger partial charge in [-0.15, -0.1) is 0 Å². The number of alkyl carbamates (subject to hydrolysis) is 1. The van der Waals surface area contributed by atoms with Gasteiger partial charge in [0.2, 0.25) is 5.91 Å². The fourth-order valence-corrected chi connectivity index (χ4v) is 2.51. The molecule has 0 spiro atoms. The minimum atomic E-state index is -0.815. The maximum Gasteiger partial charge on any atom is 0.408 e. The number of carbonyl (C=O) groups is 3. The quantitative estimate of drug-likeness (QED) is 0.624. The summed E-state index contributed by atoms with van der Waals surface area (Å²) in [6.07, 6.45) is -1.02. The summed E-state index contributed by atoms with van der Waals surface area (Å²) in [5.41, 5.74) is 0.715. The number of esters is 1. The molecule has 1 aromatic carbocycles. The first-order chi connectivity index (χ1) is 13.2. The zero-order valence-electron chi connectivity index (χ0n) is 17.3. The number of amides is 2. The van der Waals surface area contributed by atoms with Gasteiger partial charge < -0.3 is 24.8 Å². The molecule has 0 aliphatic rings. The Balaban J connectivity index is 2.97. The predicted molar refractivity (Wildman–Crippen MR) is 104 cm³/mol. The van der Waals surface area contributed by atoms with E-state index in [4.69, 9.17) is 14.2 Å². The number of methoxy groups -OCH3 is 2. The summed E-state index contributed by atoms with van der Waals surface area (Å²) in [7, 11) is 2.84. The molecule has 28 heavy (non-hydrogen) atoms. The summed E-state index contributed by atoms with van der Waals surface area (Å²) in [4.78, 5) is 36.6. The van der Waals surface area contributed by atoms with Crippen LogP contribution in [0.2, 0.25) is 0 Å². The number of rotatable bonds is 9. The Morgan fingerprint density at radius 1 is 0.964 bits per heavy atom. The monoisotopic (exact) mass is 394 g/mol. The SMILES string of the molecule is COC(=O)CC(NC(=O)C(NC(=O)OC(C)C)C(C)C)c1ccc(OC)cc1. The molecule has 1 aromatic rings. The lowest BCUT2D eigenvalue weighted by Crippen LogP contribution is -2.51. The molecule has 0 aliphatic carbocycles. The fourth-order valence-electron chi connectivity index (χ4n) is 2.51. The van der Waals surface area contributed by atoms with Crippen LogP contribution < -0.4 is 15.4 Å². The first-order valence-corrected chi connectivity index (χ1v) is 9.16. The van der Waals surface area contributed by atoms with E-state index in [1.165, 1.54) is 7.11 Å². The van der Waals surface area contributed by atoms with Gasteiger partial charge in [-0.1, -0.05) is 26.0 Å². The van der Waals surface area contributed by atoms with Crippen LogP contribution in [0.25, 0.3) is 0 Å². The molecule has 1 rings (SSSR count). The minimum absolute atomic E-state index is 0.0458. The molecular formula is C20H30N2O6. The fraction of sp³-hybridized carbons (Fsp3) is 0.550. The zero-order valence-corrected chi connectivity index (χ0v) is 17.3. The van der Waals surface area contributed by atoms with E-state index in [0.717, 1.165) is 0 Å². The average molecular weight is 394 g/mol. The van der Waals surface area contributed by atoms with Crippen molar-refractivity contribution in [3.63, 3.8) is 0 Å². The third-order valence-electron chi connectivity index (χ3n) is 4.00. The van der Waals surface area contributed by atoms with E-state index in [9.17, 15) is 14.4 Å². The molecule has 156 valence electrons. The molecule has 2 unspecified atom stereocenters. The first kappa shape index (κ1) is 23.3. The molecule has 0 fully saturated rings. The normalized spacial score (nSPS) is 12.9. The highest BCUT2D eigenvalue weighted by atomic mass is 16.6. The Labute approximate surface area is 165 Å². The van der Waals surface area contributed by atoms with Crippen molar-refractivity contribution in [1.29, 1.82) is 0 Å². The van der Waals surface area contributed by atoms with Gasteiger partial charge in [0.05, 0.1) is 32.8 Å². The summed E-state index contributed by atoms with van der Waals surface area (Å²) < 4.78 is 14.9. The van der Waals surface area contributed by atoms with Crippen LogP contribution in [0.3, 0.4) is 0 Å². The van der Waals surface area contributed by atoms with Crippen molar-refractivity contribution in [2.75, 3.05) is 14.2 Å². The van der Waals surface area contributed by atoms with Crippen LogP contribution in [0, 0.1) is 5.92 Å². The van der Waals surface area contributed by atoms with Gasteiger partial charge >= 0.3 is 12.1 Å². The average Bonchev–Trinajstić information content (AvgIpc) is 2.64. The topological polar surface area (TPSA) is 103 Å². The van der Waals surface area contributed by atoms with Crippen LogP contribution in [0.4, 0.5) is 4.79 Å². The molecule has 0 bridgehead atoms. The van der Waals surface area contributed by atoms with Gasteiger partial charge in [-0.25, -0.2) is 4.79 Å². The van der Waals surface area contributed by atoms with Crippen LogP contribution in [-0.4, -0.2) is 44.3 Å². The summed E-state index contributed by atoms with van der Waals surface area (Å²) in [6, 6.07) is 5.57. The molecule has 0 radical (unpaired) electrons. The standard InChI is InChI=1S/C20H30N2O6/c1-12(2)18(22-20(25)28-13(3)4)19(24)21-16(11-17(23)27-6)14-7-9-15(26-5)10-8-14/h7-10,12-13,16,18H,11H2,1-6H3,(H,21,24)(H,22,25). The van der Waals surface area contributed by atoms with Crippen LogP contribution in [0.15, 0.2) is 24.3 Å². The number of hydrogen-bond acceptors (Lipinski definition) is 6. The van der Waals surface area contributed by atoms with Gasteiger partial charge in [0.1, 0.15) is 11.8 Å². The Kier molecular flexibility index (Phi) is 9.27. The molecule has 0 heterocycles. The molecular weight excluding hydrogens is 364 g/mol. The van der Waals surface area contributed by atoms with Gasteiger partial charge in [0.15, 0.2) is 0 Å². The molecule has 0 saturated heterocycles. The Hall–Kier alpha value is -2.77.